The highest BCUT2D eigenvalue weighted by Gasteiger charge is 2.40. The van der Waals surface area contributed by atoms with Gasteiger partial charge in [-0.15, -0.1) is 0 Å². The first-order valence-electron chi connectivity index (χ1n) is 11.2. The average molecular weight is 482 g/mol. The van der Waals surface area contributed by atoms with Crippen LogP contribution in [0, 0.1) is 0 Å². The van der Waals surface area contributed by atoms with Crippen LogP contribution in [0.5, 0.6) is 0 Å². The molecule has 0 aliphatic rings. The summed E-state index contributed by atoms with van der Waals surface area (Å²) in [6.45, 7) is 2.16. The zero-order valence-corrected chi connectivity index (χ0v) is 20.5. The monoisotopic (exact) mass is 481 g/mol. The van der Waals surface area contributed by atoms with Gasteiger partial charge in [0.15, 0.2) is 5.78 Å². The van der Waals surface area contributed by atoms with Crippen molar-refractivity contribution in [2.45, 2.75) is 12.7 Å². The lowest BCUT2D eigenvalue weighted by atomic mass is 9.98. The molecule has 1 aromatic heterocycles. The number of rotatable bonds is 7. The molecular formula is C29H24ClNO2Si. The smallest absolute Gasteiger partial charge is 0.254 e. The molecule has 1 N–H and O–H groups in total. The van der Waals surface area contributed by atoms with Gasteiger partial charge in [0, 0.05) is 27.7 Å². The Morgan fingerprint density at radius 1 is 0.794 bits per heavy atom. The van der Waals surface area contributed by atoms with Crippen molar-refractivity contribution in [3.05, 3.63) is 132 Å². The predicted molar refractivity (Wildman–Crippen MR) is 142 cm³/mol. The van der Waals surface area contributed by atoms with Crippen LogP contribution in [0.3, 0.4) is 0 Å². The number of ketones is 1. The molecule has 0 bridgehead atoms. The van der Waals surface area contributed by atoms with Crippen LogP contribution < -0.4 is 10.4 Å². The van der Waals surface area contributed by atoms with Gasteiger partial charge in [0.2, 0.25) is 0 Å². The Morgan fingerprint density at radius 3 is 1.94 bits per heavy atom. The number of carbonyl (C=O) groups excluding carboxylic acids is 1. The molecular weight excluding hydrogens is 458 g/mol. The maximum absolute atomic E-state index is 14.0. The number of Topliss-reactive ketones (excluding diaryl/α,β-unsaturated/α-hetero) is 1. The third-order valence-electron chi connectivity index (χ3n) is 6.28. The molecule has 5 rings (SSSR count). The van der Waals surface area contributed by atoms with Crippen LogP contribution in [0.4, 0.5) is 0 Å². The number of benzene rings is 4. The van der Waals surface area contributed by atoms with Crippen molar-refractivity contribution in [1.29, 1.82) is 0 Å². The Hall–Kier alpha value is -3.44. The van der Waals surface area contributed by atoms with Crippen molar-refractivity contribution in [2.75, 3.05) is 0 Å². The van der Waals surface area contributed by atoms with Crippen LogP contribution in [-0.2, 0) is 4.43 Å². The fraction of sp³-hybridized carbons (Fsp3) is 0.0690. The molecule has 4 aromatic carbocycles. The van der Waals surface area contributed by atoms with E-state index in [2.05, 4.69) is 35.8 Å². The second kappa shape index (κ2) is 9.43. The van der Waals surface area contributed by atoms with Crippen LogP contribution in [-0.4, -0.2) is 19.1 Å². The largest absolute Gasteiger partial charge is 0.394 e. The highest BCUT2D eigenvalue weighted by molar-refractivity contribution is 6.96. The Labute approximate surface area is 205 Å². The van der Waals surface area contributed by atoms with Gasteiger partial charge in [0.25, 0.3) is 8.32 Å². The third-order valence-corrected chi connectivity index (χ3v) is 10.2. The SMILES string of the molecule is C[Si](O[C@H](C(=O)c1ccccc1)c1ccc(Cl)c2cc[nH]c12)(c1ccccc1)c1ccccc1. The van der Waals surface area contributed by atoms with Gasteiger partial charge in [-0.3, -0.25) is 4.79 Å². The van der Waals surface area contributed by atoms with E-state index < -0.39 is 14.4 Å². The van der Waals surface area contributed by atoms with Crippen molar-refractivity contribution >= 4 is 47.0 Å². The topological polar surface area (TPSA) is 42.1 Å². The van der Waals surface area contributed by atoms with Gasteiger partial charge in [-0.25, -0.2) is 0 Å². The van der Waals surface area contributed by atoms with E-state index >= 15 is 0 Å². The Bertz CT molecular complexity index is 1380. The van der Waals surface area contributed by atoms with Crippen LogP contribution in [0.25, 0.3) is 10.9 Å². The third kappa shape index (κ3) is 4.12. The summed E-state index contributed by atoms with van der Waals surface area (Å²) in [6.07, 6.45) is 1.03. The highest BCUT2D eigenvalue weighted by Crippen LogP contribution is 2.34. The van der Waals surface area contributed by atoms with Gasteiger partial charge >= 0.3 is 0 Å². The number of aromatic nitrogens is 1. The molecule has 0 spiro atoms. The fourth-order valence-corrected chi connectivity index (χ4v) is 7.61. The quantitative estimate of drug-likeness (QED) is 0.224. The van der Waals surface area contributed by atoms with E-state index in [4.69, 9.17) is 16.0 Å². The number of aromatic amines is 1. The fourth-order valence-electron chi connectivity index (χ4n) is 4.42. The molecule has 5 heteroatoms. The molecule has 168 valence electrons. The van der Waals surface area contributed by atoms with E-state index in [1.54, 1.807) is 0 Å². The molecule has 3 nitrogen and oxygen atoms in total. The van der Waals surface area contributed by atoms with Crippen molar-refractivity contribution in [3.8, 4) is 0 Å². The number of hydrogen-bond donors (Lipinski definition) is 1. The minimum atomic E-state index is -2.79. The van der Waals surface area contributed by atoms with E-state index in [-0.39, 0.29) is 5.78 Å². The molecule has 0 amide bonds. The summed E-state index contributed by atoms with van der Waals surface area (Å²) < 4.78 is 7.06. The first-order chi connectivity index (χ1) is 16.6. The summed E-state index contributed by atoms with van der Waals surface area (Å²) in [7, 11) is -2.79. The minimum Gasteiger partial charge on any atom is -0.394 e. The van der Waals surface area contributed by atoms with E-state index in [1.807, 2.05) is 91.1 Å². The van der Waals surface area contributed by atoms with E-state index in [1.165, 1.54) is 0 Å². The molecule has 34 heavy (non-hydrogen) atoms. The van der Waals surface area contributed by atoms with E-state index in [9.17, 15) is 4.79 Å². The van der Waals surface area contributed by atoms with Gasteiger partial charge in [-0.1, -0.05) is 109 Å². The number of H-pyrrole nitrogens is 1. The second-order valence-corrected chi connectivity index (χ2v) is 12.3. The lowest BCUT2D eigenvalue weighted by molar-refractivity contribution is 0.0788. The van der Waals surface area contributed by atoms with Crippen molar-refractivity contribution in [2.24, 2.45) is 0 Å². The van der Waals surface area contributed by atoms with Crippen LogP contribution in [0.1, 0.15) is 22.0 Å². The molecule has 5 aromatic rings. The zero-order chi connectivity index (χ0) is 23.5. The summed E-state index contributed by atoms with van der Waals surface area (Å²) in [5.74, 6) is -0.0793. The number of halogens is 1. The van der Waals surface area contributed by atoms with E-state index in [0.717, 1.165) is 26.8 Å². The number of hydrogen-bond acceptors (Lipinski definition) is 2. The standard InChI is InChI=1S/C29H24ClNO2Si/c1-34(22-13-7-3-8-14-22,23-15-9-4-10-16-23)33-29(28(32)21-11-5-2-6-12-21)25-17-18-26(30)24-19-20-31-27(24)25/h2-20,29,31H,1H3/t29-/m0/s1. The Morgan fingerprint density at radius 2 is 1.35 bits per heavy atom. The predicted octanol–water partition coefficient (Wildman–Crippen LogP) is 6.15. The maximum atomic E-state index is 14.0. The van der Waals surface area contributed by atoms with Crippen LogP contribution in [0.2, 0.25) is 11.6 Å². The molecule has 0 aliphatic heterocycles. The molecule has 0 fully saturated rings. The summed E-state index contributed by atoms with van der Waals surface area (Å²) in [6, 6.07) is 35.4. The summed E-state index contributed by atoms with van der Waals surface area (Å²) in [5, 5.41) is 3.71. The van der Waals surface area contributed by atoms with Gasteiger partial charge in [0.05, 0.1) is 5.52 Å². The summed E-state index contributed by atoms with van der Waals surface area (Å²) in [5.41, 5.74) is 2.21. The van der Waals surface area contributed by atoms with Gasteiger partial charge in [-0.2, -0.15) is 0 Å². The molecule has 0 radical (unpaired) electrons. The average Bonchev–Trinajstić information content (AvgIpc) is 3.40. The molecule has 1 atom stereocenters. The van der Waals surface area contributed by atoms with Gasteiger partial charge in [-0.05, 0) is 29.1 Å². The number of fused-ring (bicyclic) bond motifs is 1. The Balaban J connectivity index is 1.70. The lowest BCUT2D eigenvalue weighted by Crippen LogP contribution is -2.59. The second-order valence-electron chi connectivity index (χ2n) is 8.40. The number of carbonyl (C=O) groups is 1. The summed E-state index contributed by atoms with van der Waals surface area (Å²) in [4.78, 5) is 17.3. The lowest BCUT2D eigenvalue weighted by Gasteiger charge is -2.33. The molecule has 0 unspecified atom stereocenters. The highest BCUT2D eigenvalue weighted by atomic mass is 35.5. The Kier molecular flexibility index (Phi) is 6.20. The van der Waals surface area contributed by atoms with Crippen LogP contribution in [0.15, 0.2) is 115 Å². The minimum absolute atomic E-state index is 0.0793. The zero-order valence-electron chi connectivity index (χ0n) is 18.7. The van der Waals surface area contributed by atoms with Crippen LogP contribution >= 0.6 is 11.6 Å². The maximum Gasteiger partial charge on any atom is 0.254 e. The van der Waals surface area contributed by atoms with Crippen molar-refractivity contribution in [1.82, 2.24) is 4.98 Å². The first-order valence-corrected chi connectivity index (χ1v) is 14.0. The van der Waals surface area contributed by atoms with Gasteiger partial charge < -0.3 is 9.41 Å². The molecule has 0 saturated heterocycles. The van der Waals surface area contributed by atoms with Gasteiger partial charge in [0.1, 0.15) is 6.10 Å². The molecule has 1 heterocycles. The van der Waals surface area contributed by atoms with E-state index in [0.29, 0.717) is 10.6 Å². The van der Waals surface area contributed by atoms with Crippen molar-refractivity contribution in [3.63, 3.8) is 0 Å². The number of nitrogens with one attached hydrogen (secondary N) is 1. The first kappa shape index (κ1) is 22.4. The molecule has 0 aliphatic carbocycles. The molecule has 0 saturated carbocycles. The van der Waals surface area contributed by atoms with Crippen molar-refractivity contribution < 1.29 is 9.22 Å². The normalized spacial score (nSPS) is 12.5. The summed E-state index contributed by atoms with van der Waals surface area (Å²) >= 11 is 6.46.